The SMILES string of the molecule is Nc1ccc(C(=O)N2CCC(CCCC(=O)c3ccccc3)CC2)cc1C(=O)O. The maximum absolute atomic E-state index is 12.7. The van der Waals surface area contributed by atoms with E-state index in [0.717, 1.165) is 31.2 Å². The highest BCUT2D eigenvalue weighted by molar-refractivity contribution is 6.00. The van der Waals surface area contributed by atoms with Crippen LogP contribution < -0.4 is 5.73 Å². The van der Waals surface area contributed by atoms with Crippen molar-refractivity contribution < 1.29 is 19.5 Å². The Labute approximate surface area is 170 Å². The number of rotatable bonds is 7. The number of Topliss-reactive ketones (excluding diaryl/α,β-unsaturated/α-hetero) is 1. The van der Waals surface area contributed by atoms with E-state index in [2.05, 4.69) is 0 Å². The van der Waals surface area contributed by atoms with E-state index in [1.165, 1.54) is 12.1 Å². The number of anilines is 1. The summed E-state index contributed by atoms with van der Waals surface area (Å²) < 4.78 is 0. The van der Waals surface area contributed by atoms with Crippen molar-refractivity contribution in [1.29, 1.82) is 0 Å². The fourth-order valence-corrected chi connectivity index (χ4v) is 3.80. The van der Waals surface area contributed by atoms with Crippen LogP contribution in [0.1, 0.15) is 63.2 Å². The van der Waals surface area contributed by atoms with Crippen molar-refractivity contribution in [3.05, 3.63) is 65.2 Å². The minimum Gasteiger partial charge on any atom is -0.478 e. The zero-order chi connectivity index (χ0) is 20.8. The molecule has 1 amide bonds. The number of carboxylic acids is 1. The van der Waals surface area contributed by atoms with Gasteiger partial charge in [-0.2, -0.15) is 0 Å². The van der Waals surface area contributed by atoms with Crippen molar-refractivity contribution in [2.24, 2.45) is 5.92 Å². The number of carboxylic acid groups (broad SMARTS) is 1. The maximum Gasteiger partial charge on any atom is 0.337 e. The molecule has 1 aliphatic heterocycles. The van der Waals surface area contributed by atoms with Gasteiger partial charge in [0.1, 0.15) is 0 Å². The molecular formula is C23H26N2O4. The van der Waals surface area contributed by atoms with E-state index in [4.69, 9.17) is 5.73 Å². The van der Waals surface area contributed by atoms with Crippen LogP contribution in [0.25, 0.3) is 0 Å². The summed E-state index contributed by atoms with van der Waals surface area (Å²) in [5, 5.41) is 9.18. The summed E-state index contributed by atoms with van der Waals surface area (Å²) in [4.78, 5) is 37.9. The summed E-state index contributed by atoms with van der Waals surface area (Å²) in [6, 6.07) is 13.7. The van der Waals surface area contributed by atoms with Crippen LogP contribution in [0.15, 0.2) is 48.5 Å². The first kappa shape index (κ1) is 20.6. The molecule has 0 bridgehead atoms. The normalized spacial score (nSPS) is 14.6. The third-order valence-electron chi connectivity index (χ3n) is 5.54. The van der Waals surface area contributed by atoms with Gasteiger partial charge in [0.15, 0.2) is 5.78 Å². The second-order valence-corrected chi connectivity index (χ2v) is 7.52. The highest BCUT2D eigenvalue weighted by Crippen LogP contribution is 2.25. The maximum atomic E-state index is 12.7. The molecule has 1 aliphatic rings. The third-order valence-corrected chi connectivity index (χ3v) is 5.54. The number of nitrogens with two attached hydrogens (primary N) is 1. The van der Waals surface area contributed by atoms with Crippen molar-refractivity contribution in [2.45, 2.75) is 32.1 Å². The number of likely N-dealkylation sites (tertiary alicyclic amines) is 1. The molecule has 0 aliphatic carbocycles. The van der Waals surface area contributed by atoms with Gasteiger partial charge < -0.3 is 15.7 Å². The molecule has 2 aromatic carbocycles. The molecule has 1 saturated heterocycles. The van der Waals surface area contributed by atoms with E-state index in [1.807, 2.05) is 30.3 Å². The third kappa shape index (κ3) is 5.22. The predicted octanol–water partition coefficient (Wildman–Crippen LogP) is 3.87. The first-order valence-electron chi connectivity index (χ1n) is 9.96. The second-order valence-electron chi connectivity index (χ2n) is 7.52. The smallest absolute Gasteiger partial charge is 0.337 e. The quantitative estimate of drug-likeness (QED) is 0.548. The van der Waals surface area contributed by atoms with Crippen LogP contribution >= 0.6 is 0 Å². The monoisotopic (exact) mass is 394 g/mol. The molecule has 0 saturated carbocycles. The summed E-state index contributed by atoms with van der Waals surface area (Å²) in [6.07, 6.45) is 4.17. The van der Waals surface area contributed by atoms with Crippen LogP contribution in [-0.4, -0.2) is 40.8 Å². The summed E-state index contributed by atoms with van der Waals surface area (Å²) in [5.41, 5.74) is 6.88. The molecule has 2 aromatic rings. The van der Waals surface area contributed by atoms with E-state index < -0.39 is 5.97 Å². The number of hydrogen-bond donors (Lipinski definition) is 2. The second kappa shape index (κ2) is 9.37. The topological polar surface area (TPSA) is 101 Å². The lowest BCUT2D eigenvalue weighted by Crippen LogP contribution is -2.38. The number of ketones is 1. The minimum atomic E-state index is -1.14. The highest BCUT2D eigenvalue weighted by atomic mass is 16.4. The first-order valence-corrected chi connectivity index (χ1v) is 9.96. The van der Waals surface area contributed by atoms with Crippen molar-refractivity contribution in [1.82, 2.24) is 4.90 Å². The van der Waals surface area contributed by atoms with Gasteiger partial charge in [-0.15, -0.1) is 0 Å². The summed E-state index contributed by atoms with van der Waals surface area (Å²) in [6.45, 7) is 1.28. The Bertz CT molecular complexity index is 887. The van der Waals surface area contributed by atoms with Crippen molar-refractivity contribution in [3.63, 3.8) is 0 Å². The van der Waals surface area contributed by atoms with Crippen molar-refractivity contribution in [2.75, 3.05) is 18.8 Å². The number of nitrogen functional groups attached to an aromatic ring is 1. The number of hydrogen-bond acceptors (Lipinski definition) is 4. The number of nitrogens with zero attached hydrogens (tertiary/aromatic N) is 1. The van der Waals surface area contributed by atoms with Crippen LogP contribution in [0.4, 0.5) is 5.69 Å². The molecule has 3 rings (SSSR count). The Morgan fingerprint density at radius 2 is 1.69 bits per heavy atom. The molecule has 0 radical (unpaired) electrons. The Balaban J connectivity index is 1.46. The lowest BCUT2D eigenvalue weighted by molar-refractivity contribution is 0.0686. The Morgan fingerprint density at radius 3 is 2.34 bits per heavy atom. The van der Waals surface area contributed by atoms with E-state index in [-0.39, 0.29) is 22.9 Å². The Hall–Kier alpha value is -3.15. The Morgan fingerprint density at radius 1 is 1.00 bits per heavy atom. The number of amides is 1. The van der Waals surface area contributed by atoms with E-state index in [9.17, 15) is 19.5 Å². The summed E-state index contributed by atoms with van der Waals surface area (Å²) in [5.74, 6) is -0.620. The average Bonchev–Trinajstić information content (AvgIpc) is 2.74. The molecule has 29 heavy (non-hydrogen) atoms. The van der Waals surface area contributed by atoms with Gasteiger partial charge in [-0.05, 0) is 49.8 Å². The molecule has 0 unspecified atom stereocenters. The molecule has 0 atom stereocenters. The largest absolute Gasteiger partial charge is 0.478 e. The molecule has 152 valence electrons. The van der Waals surface area contributed by atoms with Crippen molar-refractivity contribution >= 4 is 23.3 Å². The average molecular weight is 394 g/mol. The molecule has 1 fully saturated rings. The number of piperidine rings is 1. The van der Waals surface area contributed by atoms with Crippen LogP contribution in [0, 0.1) is 5.92 Å². The minimum absolute atomic E-state index is 0.0474. The van der Waals surface area contributed by atoms with Crippen LogP contribution in [0.5, 0.6) is 0 Å². The van der Waals surface area contributed by atoms with Crippen LogP contribution in [-0.2, 0) is 0 Å². The van der Waals surface area contributed by atoms with Gasteiger partial charge >= 0.3 is 5.97 Å². The lowest BCUT2D eigenvalue weighted by atomic mass is 9.90. The van der Waals surface area contributed by atoms with Gasteiger partial charge in [0, 0.05) is 36.3 Å². The van der Waals surface area contributed by atoms with Gasteiger partial charge in [-0.3, -0.25) is 9.59 Å². The van der Waals surface area contributed by atoms with Crippen LogP contribution in [0.2, 0.25) is 0 Å². The van der Waals surface area contributed by atoms with Crippen molar-refractivity contribution in [3.8, 4) is 0 Å². The zero-order valence-corrected chi connectivity index (χ0v) is 16.3. The fraction of sp³-hybridized carbons (Fsp3) is 0.348. The molecule has 0 spiro atoms. The highest BCUT2D eigenvalue weighted by Gasteiger charge is 2.24. The zero-order valence-electron chi connectivity index (χ0n) is 16.3. The number of benzene rings is 2. The first-order chi connectivity index (χ1) is 14.0. The van der Waals surface area contributed by atoms with Gasteiger partial charge in [-0.1, -0.05) is 30.3 Å². The van der Waals surface area contributed by atoms with E-state index >= 15 is 0 Å². The number of aromatic carboxylic acids is 1. The Kier molecular flexibility index (Phi) is 6.65. The van der Waals surface area contributed by atoms with Gasteiger partial charge in [0.05, 0.1) is 5.56 Å². The van der Waals surface area contributed by atoms with Crippen LogP contribution in [0.3, 0.4) is 0 Å². The predicted molar refractivity (Wildman–Crippen MR) is 111 cm³/mol. The summed E-state index contributed by atoms with van der Waals surface area (Å²) >= 11 is 0. The van der Waals surface area contributed by atoms with Gasteiger partial charge in [0.25, 0.3) is 5.91 Å². The fourth-order valence-electron chi connectivity index (χ4n) is 3.80. The standard InChI is InChI=1S/C23H26N2O4/c24-20-10-9-18(15-19(20)23(28)29)22(27)25-13-11-16(12-14-25)5-4-8-21(26)17-6-2-1-3-7-17/h1-3,6-7,9-10,15-16H,4-5,8,11-14,24H2,(H,28,29). The molecule has 6 nitrogen and oxygen atoms in total. The number of carbonyl (C=O) groups is 3. The lowest BCUT2D eigenvalue weighted by Gasteiger charge is -2.32. The van der Waals surface area contributed by atoms with E-state index in [1.54, 1.807) is 11.0 Å². The summed E-state index contributed by atoms with van der Waals surface area (Å²) in [7, 11) is 0. The van der Waals surface area contributed by atoms with Gasteiger partial charge in [-0.25, -0.2) is 4.79 Å². The van der Waals surface area contributed by atoms with E-state index in [0.29, 0.717) is 31.0 Å². The van der Waals surface area contributed by atoms with Gasteiger partial charge in [0.2, 0.25) is 0 Å². The molecule has 1 heterocycles. The molecular weight excluding hydrogens is 368 g/mol. The molecule has 0 aromatic heterocycles. The number of carbonyl (C=O) groups excluding carboxylic acids is 2. The molecule has 6 heteroatoms. The molecule has 3 N–H and O–H groups in total.